The lowest BCUT2D eigenvalue weighted by atomic mass is 9.96. The van der Waals surface area contributed by atoms with E-state index >= 15 is 0 Å². The second-order valence-electron chi connectivity index (χ2n) is 7.99. The first-order valence-corrected chi connectivity index (χ1v) is 11.8. The molecule has 2 heterocycles. The summed E-state index contributed by atoms with van der Waals surface area (Å²) >= 11 is 0. The Morgan fingerprint density at radius 3 is 2.77 bits per heavy atom. The Morgan fingerprint density at radius 1 is 1.19 bits per heavy atom. The van der Waals surface area contributed by atoms with Crippen molar-refractivity contribution in [3.63, 3.8) is 0 Å². The van der Waals surface area contributed by atoms with Crippen LogP contribution in [0.25, 0.3) is 11.4 Å². The van der Waals surface area contributed by atoms with Gasteiger partial charge in [-0.25, -0.2) is 8.42 Å². The van der Waals surface area contributed by atoms with Gasteiger partial charge in [0.25, 0.3) is 0 Å². The Labute approximate surface area is 182 Å². The summed E-state index contributed by atoms with van der Waals surface area (Å²) in [7, 11) is -3.67. The molecule has 3 aromatic rings. The second-order valence-corrected chi connectivity index (χ2v) is 9.92. The molecule has 0 N–H and O–H groups in total. The van der Waals surface area contributed by atoms with Crippen molar-refractivity contribution in [1.29, 1.82) is 0 Å². The molecule has 31 heavy (non-hydrogen) atoms. The van der Waals surface area contributed by atoms with Crippen LogP contribution in [0.4, 0.5) is 0 Å². The lowest BCUT2D eigenvalue weighted by Gasteiger charge is -2.31. The van der Waals surface area contributed by atoms with E-state index in [1.807, 2.05) is 31.2 Å². The maximum atomic E-state index is 13.1. The van der Waals surface area contributed by atoms with Crippen LogP contribution >= 0.6 is 0 Å². The summed E-state index contributed by atoms with van der Waals surface area (Å²) in [4.78, 5) is 16.3. The van der Waals surface area contributed by atoms with Crippen LogP contribution in [-0.4, -0.2) is 41.7 Å². The third kappa shape index (κ3) is 4.60. The molecule has 0 saturated carbocycles. The number of carbonyl (C=O) groups excluding carboxylic acids is 1. The standard InChI is InChI=1S/C23H25N3O4S/c1-16-7-3-4-11-21(16)23-24-22(30-25-23)13-18-8-6-12-26(15-18)31(28,29)20-10-5-9-19(14-20)17(2)27/h3-5,7,9-11,14,18H,6,8,12-13,15H2,1-2H3/t18-/m1/s1. The molecule has 0 unspecified atom stereocenters. The summed E-state index contributed by atoms with van der Waals surface area (Å²) in [6.45, 7) is 4.27. The number of carbonyl (C=O) groups is 1. The van der Waals surface area contributed by atoms with Crippen LogP contribution in [0.2, 0.25) is 0 Å². The van der Waals surface area contributed by atoms with Gasteiger partial charge in [0, 0.05) is 30.6 Å². The zero-order chi connectivity index (χ0) is 22.0. The molecule has 1 fully saturated rings. The number of aryl methyl sites for hydroxylation is 1. The zero-order valence-corrected chi connectivity index (χ0v) is 18.4. The van der Waals surface area contributed by atoms with E-state index in [0.717, 1.165) is 24.0 Å². The van der Waals surface area contributed by atoms with Gasteiger partial charge in [-0.05, 0) is 50.3 Å². The van der Waals surface area contributed by atoms with Crippen molar-refractivity contribution < 1.29 is 17.7 Å². The van der Waals surface area contributed by atoms with Gasteiger partial charge >= 0.3 is 0 Å². The molecule has 1 aromatic heterocycles. The molecule has 162 valence electrons. The highest BCUT2D eigenvalue weighted by Crippen LogP contribution is 2.27. The summed E-state index contributed by atoms with van der Waals surface area (Å²) in [6.07, 6.45) is 2.18. The van der Waals surface area contributed by atoms with Crippen LogP contribution in [0, 0.1) is 12.8 Å². The number of aromatic nitrogens is 2. The lowest BCUT2D eigenvalue weighted by molar-refractivity contribution is 0.101. The van der Waals surface area contributed by atoms with E-state index in [1.54, 1.807) is 12.1 Å². The number of hydrogen-bond donors (Lipinski definition) is 0. The summed E-state index contributed by atoms with van der Waals surface area (Å²) in [5, 5.41) is 4.10. The van der Waals surface area contributed by atoms with Gasteiger partial charge in [-0.1, -0.05) is 41.6 Å². The Bertz CT molecular complexity index is 1200. The molecule has 8 heteroatoms. The van der Waals surface area contributed by atoms with Crippen LogP contribution in [-0.2, 0) is 16.4 Å². The minimum Gasteiger partial charge on any atom is -0.339 e. The Balaban J connectivity index is 1.49. The predicted octanol–water partition coefficient (Wildman–Crippen LogP) is 3.89. The number of Topliss-reactive ketones (excluding diaryl/α,β-unsaturated/α-hetero) is 1. The van der Waals surface area contributed by atoms with E-state index in [9.17, 15) is 13.2 Å². The van der Waals surface area contributed by atoms with Gasteiger partial charge in [-0.2, -0.15) is 9.29 Å². The first-order chi connectivity index (χ1) is 14.8. The van der Waals surface area contributed by atoms with Gasteiger partial charge in [-0.3, -0.25) is 4.79 Å². The van der Waals surface area contributed by atoms with E-state index in [0.29, 0.717) is 36.8 Å². The fourth-order valence-corrected chi connectivity index (χ4v) is 5.56. The number of benzene rings is 2. The van der Waals surface area contributed by atoms with Crippen LogP contribution in [0.3, 0.4) is 0 Å². The summed E-state index contributed by atoms with van der Waals surface area (Å²) < 4.78 is 33.3. The van der Waals surface area contributed by atoms with Crippen molar-refractivity contribution in [1.82, 2.24) is 14.4 Å². The maximum absolute atomic E-state index is 13.1. The number of piperidine rings is 1. The highest BCUT2D eigenvalue weighted by molar-refractivity contribution is 7.89. The molecule has 4 rings (SSSR count). The number of hydrogen-bond acceptors (Lipinski definition) is 6. The fourth-order valence-electron chi connectivity index (χ4n) is 3.95. The third-order valence-electron chi connectivity index (χ3n) is 5.68. The fraction of sp³-hybridized carbons (Fsp3) is 0.348. The van der Waals surface area contributed by atoms with Crippen LogP contribution in [0.15, 0.2) is 57.9 Å². The molecule has 7 nitrogen and oxygen atoms in total. The quantitative estimate of drug-likeness (QED) is 0.541. The van der Waals surface area contributed by atoms with Crippen molar-refractivity contribution >= 4 is 15.8 Å². The topological polar surface area (TPSA) is 93.4 Å². The summed E-state index contributed by atoms with van der Waals surface area (Å²) in [5.41, 5.74) is 2.39. The second kappa shape index (κ2) is 8.72. The molecular formula is C23H25N3O4S. The lowest BCUT2D eigenvalue weighted by Crippen LogP contribution is -2.40. The van der Waals surface area contributed by atoms with E-state index < -0.39 is 10.0 Å². The average molecular weight is 440 g/mol. The van der Waals surface area contributed by atoms with Crippen molar-refractivity contribution in [2.24, 2.45) is 5.92 Å². The number of rotatable bonds is 6. The molecule has 0 amide bonds. The summed E-state index contributed by atoms with van der Waals surface area (Å²) in [6, 6.07) is 14.1. The van der Waals surface area contributed by atoms with E-state index in [-0.39, 0.29) is 16.6 Å². The molecular weight excluding hydrogens is 414 g/mol. The molecule has 1 aliphatic rings. The zero-order valence-electron chi connectivity index (χ0n) is 17.6. The molecule has 1 saturated heterocycles. The maximum Gasteiger partial charge on any atom is 0.243 e. The molecule has 1 aliphatic heterocycles. The largest absolute Gasteiger partial charge is 0.339 e. The van der Waals surface area contributed by atoms with Crippen molar-refractivity contribution in [2.45, 2.75) is 38.0 Å². The number of ketones is 1. The van der Waals surface area contributed by atoms with E-state index in [1.165, 1.54) is 23.4 Å². The smallest absolute Gasteiger partial charge is 0.243 e. The molecule has 0 spiro atoms. The molecule has 0 bridgehead atoms. The van der Waals surface area contributed by atoms with Crippen LogP contribution < -0.4 is 0 Å². The van der Waals surface area contributed by atoms with Gasteiger partial charge in [-0.15, -0.1) is 0 Å². The first kappa shape index (κ1) is 21.4. The Hall–Kier alpha value is -2.84. The predicted molar refractivity (Wildman–Crippen MR) is 116 cm³/mol. The van der Waals surface area contributed by atoms with Crippen molar-refractivity contribution in [3.05, 3.63) is 65.5 Å². The number of sulfonamides is 1. The Morgan fingerprint density at radius 2 is 2.00 bits per heavy atom. The molecule has 1 atom stereocenters. The van der Waals surface area contributed by atoms with E-state index in [2.05, 4.69) is 10.1 Å². The highest BCUT2D eigenvalue weighted by atomic mass is 32.2. The molecule has 0 aliphatic carbocycles. The minimum atomic E-state index is -3.67. The van der Waals surface area contributed by atoms with Crippen molar-refractivity contribution in [3.8, 4) is 11.4 Å². The van der Waals surface area contributed by atoms with Gasteiger partial charge in [0.2, 0.25) is 21.7 Å². The van der Waals surface area contributed by atoms with E-state index in [4.69, 9.17) is 4.52 Å². The number of nitrogens with zero attached hydrogens (tertiary/aromatic N) is 3. The first-order valence-electron chi connectivity index (χ1n) is 10.3. The average Bonchev–Trinajstić information content (AvgIpc) is 3.22. The molecule has 2 aromatic carbocycles. The minimum absolute atomic E-state index is 0.0877. The van der Waals surface area contributed by atoms with Gasteiger partial charge in [0.15, 0.2) is 5.78 Å². The van der Waals surface area contributed by atoms with Gasteiger partial charge in [0.05, 0.1) is 4.90 Å². The van der Waals surface area contributed by atoms with Crippen LogP contribution in [0.5, 0.6) is 0 Å². The highest BCUT2D eigenvalue weighted by Gasteiger charge is 2.31. The third-order valence-corrected chi connectivity index (χ3v) is 7.54. The SMILES string of the molecule is CC(=O)c1cccc(S(=O)(=O)N2CCC[C@H](Cc3nc(-c4ccccc4C)no3)C2)c1. The summed E-state index contributed by atoms with van der Waals surface area (Å²) in [5.74, 6) is 0.995. The van der Waals surface area contributed by atoms with Crippen LogP contribution in [0.1, 0.15) is 41.6 Å². The Kier molecular flexibility index (Phi) is 6.02. The monoisotopic (exact) mass is 439 g/mol. The molecule has 0 radical (unpaired) electrons. The van der Waals surface area contributed by atoms with Gasteiger partial charge in [0.1, 0.15) is 0 Å². The van der Waals surface area contributed by atoms with Crippen molar-refractivity contribution in [2.75, 3.05) is 13.1 Å². The normalized spacial score (nSPS) is 17.5. The van der Waals surface area contributed by atoms with Gasteiger partial charge < -0.3 is 4.52 Å².